The number of aliphatic hydroxyl groups excluding tert-OH is 1. The average molecular weight is 341 g/mol. The quantitative estimate of drug-likeness (QED) is 0.876. The largest absolute Gasteiger partial charge is 0.497 e. The highest BCUT2D eigenvalue weighted by atomic mass is 32.2. The molecule has 2 aromatic rings. The molecule has 5 nitrogen and oxygen atoms in total. The SMILES string of the molecule is COc1ccc(S(=O)(=O)N(C)CC(O)c2cccs2)c(C)c1. The van der Waals surface area contributed by atoms with Gasteiger partial charge in [-0.2, -0.15) is 4.31 Å². The van der Waals surface area contributed by atoms with E-state index in [4.69, 9.17) is 4.74 Å². The molecule has 22 heavy (non-hydrogen) atoms. The normalized spacial score (nSPS) is 13.3. The molecule has 0 radical (unpaired) electrons. The summed E-state index contributed by atoms with van der Waals surface area (Å²) in [7, 11) is -0.656. The number of aliphatic hydroxyl groups is 1. The second kappa shape index (κ2) is 6.78. The number of hydrogen-bond donors (Lipinski definition) is 1. The van der Waals surface area contributed by atoms with Crippen LogP contribution in [0.5, 0.6) is 5.75 Å². The molecular formula is C15H19NO4S2. The molecule has 1 heterocycles. The molecule has 1 unspecified atom stereocenters. The number of thiophene rings is 1. The van der Waals surface area contributed by atoms with Gasteiger partial charge in [0.05, 0.1) is 12.0 Å². The first-order chi connectivity index (χ1) is 10.4. The van der Waals surface area contributed by atoms with Crippen LogP contribution in [0.15, 0.2) is 40.6 Å². The van der Waals surface area contributed by atoms with E-state index in [0.717, 1.165) is 4.88 Å². The van der Waals surface area contributed by atoms with E-state index in [9.17, 15) is 13.5 Å². The number of benzene rings is 1. The number of ether oxygens (including phenoxy) is 1. The Kier molecular flexibility index (Phi) is 5.23. The lowest BCUT2D eigenvalue weighted by molar-refractivity contribution is 0.158. The Bertz CT molecular complexity index is 726. The average Bonchev–Trinajstić information content (AvgIpc) is 3.00. The van der Waals surface area contributed by atoms with E-state index in [1.165, 1.54) is 35.9 Å². The van der Waals surface area contributed by atoms with Gasteiger partial charge in [-0.05, 0) is 42.1 Å². The summed E-state index contributed by atoms with van der Waals surface area (Å²) < 4.78 is 31.5. The minimum absolute atomic E-state index is 0.00825. The first-order valence-corrected chi connectivity index (χ1v) is 9.00. The first-order valence-electron chi connectivity index (χ1n) is 6.68. The maximum atomic E-state index is 12.6. The minimum Gasteiger partial charge on any atom is -0.497 e. The van der Waals surface area contributed by atoms with Gasteiger partial charge in [-0.15, -0.1) is 11.3 Å². The summed E-state index contributed by atoms with van der Waals surface area (Å²) in [4.78, 5) is 0.961. The Balaban J connectivity index is 2.22. The van der Waals surface area contributed by atoms with Crippen LogP contribution >= 0.6 is 11.3 Å². The van der Waals surface area contributed by atoms with Crippen LogP contribution in [-0.4, -0.2) is 38.5 Å². The van der Waals surface area contributed by atoms with Gasteiger partial charge in [-0.25, -0.2) is 8.42 Å². The number of rotatable bonds is 6. The Morgan fingerprint density at radius 3 is 2.64 bits per heavy atom. The van der Waals surface area contributed by atoms with E-state index in [0.29, 0.717) is 11.3 Å². The molecule has 0 aliphatic heterocycles. The van der Waals surface area contributed by atoms with Crippen molar-refractivity contribution in [2.24, 2.45) is 0 Å². The number of methoxy groups -OCH3 is 1. The minimum atomic E-state index is -3.66. The van der Waals surface area contributed by atoms with Crippen LogP contribution in [0, 0.1) is 6.92 Å². The summed E-state index contributed by atoms with van der Waals surface area (Å²) in [5.41, 5.74) is 0.608. The lowest BCUT2D eigenvalue weighted by Gasteiger charge is -2.21. The zero-order valence-electron chi connectivity index (χ0n) is 12.7. The topological polar surface area (TPSA) is 66.8 Å². The van der Waals surface area contributed by atoms with E-state index in [1.807, 2.05) is 11.4 Å². The Morgan fingerprint density at radius 1 is 1.36 bits per heavy atom. The monoisotopic (exact) mass is 341 g/mol. The molecule has 0 bridgehead atoms. The molecule has 0 aliphatic rings. The van der Waals surface area contributed by atoms with Gasteiger partial charge in [0.25, 0.3) is 0 Å². The van der Waals surface area contributed by atoms with Gasteiger partial charge in [-0.1, -0.05) is 6.07 Å². The van der Waals surface area contributed by atoms with Crippen LogP contribution in [-0.2, 0) is 10.0 Å². The maximum Gasteiger partial charge on any atom is 0.243 e. The Morgan fingerprint density at radius 2 is 2.09 bits per heavy atom. The molecule has 1 aromatic carbocycles. The molecule has 7 heteroatoms. The lowest BCUT2D eigenvalue weighted by Crippen LogP contribution is -2.31. The second-order valence-electron chi connectivity index (χ2n) is 4.95. The summed E-state index contributed by atoms with van der Waals surface area (Å²) in [6, 6.07) is 8.43. The molecule has 1 N–H and O–H groups in total. The van der Waals surface area contributed by atoms with Crippen LogP contribution in [0.25, 0.3) is 0 Å². The van der Waals surface area contributed by atoms with Crippen molar-refractivity contribution >= 4 is 21.4 Å². The van der Waals surface area contributed by atoms with Crippen molar-refractivity contribution in [2.45, 2.75) is 17.9 Å². The van der Waals surface area contributed by atoms with Crippen molar-refractivity contribution in [2.75, 3.05) is 20.7 Å². The smallest absolute Gasteiger partial charge is 0.243 e. The van der Waals surface area contributed by atoms with Gasteiger partial charge in [0, 0.05) is 18.5 Å². The highest BCUT2D eigenvalue weighted by molar-refractivity contribution is 7.89. The summed E-state index contributed by atoms with van der Waals surface area (Å²) >= 11 is 1.40. The van der Waals surface area contributed by atoms with Crippen LogP contribution < -0.4 is 4.74 Å². The number of hydrogen-bond acceptors (Lipinski definition) is 5. The predicted octanol–water partition coefficient (Wildman–Crippen LogP) is 2.42. The fourth-order valence-corrected chi connectivity index (χ4v) is 4.20. The van der Waals surface area contributed by atoms with E-state index in [-0.39, 0.29) is 11.4 Å². The van der Waals surface area contributed by atoms with E-state index >= 15 is 0 Å². The van der Waals surface area contributed by atoms with Crippen molar-refractivity contribution in [3.05, 3.63) is 46.2 Å². The van der Waals surface area contributed by atoms with E-state index < -0.39 is 16.1 Å². The third kappa shape index (κ3) is 3.49. The second-order valence-corrected chi connectivity index (χ2v) is 7.94. The standard InChI is InChI=1S/C15H19NO4S2/c1-11-9-12(20-3)6-7-15(11)22(18,19)16(2)10-13(17)14-5-4-8-21-14/h4-9,13,17H,10H2,1-3H3. The van der Waals surface area contributed by atoms with Crippen molar-refractivity contribution in [1.82, 2.24) is 4.31 Å². The summed E-state index contributed by atoms with van der Waals surface area (Å²) in [5, 5.41) is 12.0. The number of aryl methyl sites for hydroxylation is 1. The third-order valence-corrected chi connectivity index (χ3v) is 6.33. The molecule has 120 valence electrons. The molecule has 2 rings (SSSR count). The zero-order chi connectivity index (χ0) is 16.3. The first kappa shape index (κ1) is 17.0. The van der Waals surface area contributed by atoms with E-state index in [2.05, 4.69) is 0 Å². The number of sulfonamides is 1. The predicted molar refractivity (Wildman–Crippen MR) is 86.8 cm³/mol. The van der Waals surface area contributed by atoms with Gasteiger partial charge < -0.3 is 9.84 Å². The number of likely N-dealkylation sites (N-methyl/N-ethyl adjacent to an activating group) is 1. The van der Waals surface area contributed by atoms with Crippen molar-refractivity contribution < 1.29 is 18.3 Å². The molecule has 0 amide bonds. The highest BCUT2D eigenvalue weighted by Gasteiger charge is 2.25. The maximum absolute atomic E-state index is 12.6. The lowest BCUT2D eigenvalue weighted by atomic mass is 10.2. The van der Waals surface area contributed by atoms with Crippen molar-refractivity contribution in [1.29, 1.82) is 0 Å². The van der Waals surface area contributed by atoms with Crippen molar-refractivity contribution in [3.63, 3.8) is 0 Å². The van der Waals surface area contributed by atoms with Gasteiger partial charge in [0.15, 0.2) is 0 Å². The molecule has 0 spiro atoms. The van der Waals surface area contributed by atoms with Crippen LogP contribution in [0.4, 0.5) is 0 Å². The highest BCUT2D eigenvalue weighted by Crippen LogP contribution is 2.26. The molecule has 1 aromatic heterocycles. The number of nitrogens with zero attached hydrogens (tertiary/aromatic N) is 1. The van der Waals surface area contributed by atoms with E-state index in [1.54, 1.807) is 25.1 Å². The van der Waals surface area contributed by atoms with Crippen LogP contribution in [0.2, 0.25) is 0 Å². The molecule has 1 atom stereocenters. The van der Waals surface area contributed by atoms with Gasteiger partial charge in [0.2, 0.25) is 10.0 Å². The molecular weight excluding hydrogens is 322 g/mol. The molecule has 0 saturated heterocycles. The summed E-state index contributed by atoms with van der Waals surface area (Å²) in [5.74, 6) is 0.609. The van der Waals surface area contributed by atoms with Gasteiger partial charge in [0.1, 0.15) is 11.9 Å². The zero-order valence-corrected chi connectivity index (χ0v) is 14.3. The summed E-state index contributed by atoms with van der Waals surface area (Å²) in [6.45, 7) is 1.73. The fraction of sp³-hybridized carbons (Fsp3) is 0.333. The fourth-order valence-electron chi connectivity index (χ4n) is 2.12. The van der Waals surface area contributed by atoms with Gasteiger partial charge >= 0.3 is 0 Å². The van der Waals surface area contributed by atoms with Crippen molar-refractivity contribution in [3.8, 4) is 5.75 Å². The van der Waals surface area contributed by atoms with Gasteiger partial charge in [-0.3, -0.25) is 0 Å². The summed E-state index contributed by atoms with van der Waals surface area (Å²) in [6.07, 6.45) is -0.835. The van der Waals surface area contributed by atoms with Crippen LogP contribution in [0.1, 0.15) is 16.5 Å². The Hall–Kier alpha value is -1.41. The molecule has 0 saturated carbocycles. The third-order valence-electron chi connectivity index (χ3n) is 3.37. The van der Waals surface area contributed by atoms with Crippen LogP contribution in [0.3, 0.4) is 0 Å². The molecule has 0 aliphatic carbocycles. The molecule has 0 fully saturated rings. The Labute approximate surface area is 134 Å².